The smallest absolute Gasteiger partial charge is 0.438 e. The van der Waals surface area contributed by atoms with Gasteiger partial charge in [0, 0.05) is 17.7 Å². The van der Waals surface area contributed by atoms with Gasteiger partial charge >= 0.3 is 6.18 Å². The summed E-state index contributed by atoms with van der Waals surface area (Å²) in [4.78, 5) is 12.3. The number of hydrogen-bond donors (Lipinski definition) is 2. The van der Waals surface area contributed by atoms with Gasteiger partial charge in [-0.3, -0.25) is 4.79 Å². The van der Waals surface area contributed by atoms with E-state index in [9.17, 15) is 28.2 Å². The van der Waals surface area contributed by atoms with Gasteiger partial charge in [0.15, 0.2) is 0 Å². The average molecular weight is 330 g/mol. The molecule has 8 heteroatoms. The second-order valence-corrected chi connectivity index (χ2v) is 5.92. The van der Waals surface area contributed by atoms with Crippen molar-refractivity contribution in [2.45, 2.75) is 38.6 Å². The van der Waals surface area contributed by atoms with Crippen molar-refractivity contribution in [3.05, 3.63) is 29.8 Å². The Morgan fingerprint density at radius 3 is 2.61 bits per heavy atom. The van der Waals surface area contributed by atoms with Crippen LogP contribution in [0.25, 0.3) is 0 Å². The summed E-state index contributed by atoms with van der Waals surface area (Å²) in [6.45, 7) is 3.60. The van der Waals surface area contributed by atoms with Crippen LogP contribution in [0.1, 0.15) is 37.0 Å². The zero-order valence-electron chi connectivity index (χ0n) is 12.6. The van der Waals surface area contributed by atoms with Gasteiger partial charge in [-0.15, -0.1) is 0 Å². The third-order valence-corrected chi connectivity index (χ3v) is 3.43. The van der Waals surface area contributed by atoms with Crippen LogP contribution in [0.4, 0.5) is 13.2 Å². The SMILES string of the molecule is CC(C)CC1=NN(C(=O)c2cccc(O)c2)C(O)(C(F)(F)F)C1. The van der Waals surface area contributed by atoms with Crippen LogP contribution < -0.4 is 0 Å². The van der Waals surface area contributed by atoms with Crippen molar-refractivity contribution in [1.29, 1.82) is 0 Å². The molecule has 1 atom stereocenters. The normalized spacial score (nSPS) is 21.7. The maximum absolute atomic E-state index is 13.3. The lowest BCUT2D eigenvalue weighted by atomic mass is 9.99. The lowest BCUT2D eigenvalue weighted by Gasteiger charge is -2.32. The standard InChI is InChI=1S/C15H17F3N2O3/c1-9(2)6-11-8-14(23,15(16,17)18)20(19-11)13(22)10-4-3-5-12(21)7-10/h3-5,7,9,21,23H,6,8H2,1-2H3. The minimum Gasteiger partial charge on any atom is -0.508 e. The van der Waals surface area contributed by atoms with Gasteiger partial charge in [0.2, 0.25) is 0 Å². The van der Waals surface area contributed by atoms with Crippen LogP contribution in [0.2, 0.25) is 0 Å². The number of rotatable bonds is 3. The monoisotopic (exact) mass is 330 g/mol. The van der Waals surface area contributed by atoms with Crippen molar-refractivity contribution < 1.29 is 28.2 Å². The predicted molar refractivity (Wildman–Crippen MR) is 76.8 cm³/mol. The van der Waals surface area contributed by atoms with Crippen LogP contribution >= 0.6 is 0 Å². The number of aromatic hydroxyl groups is 1. The number of hydrazone groups is 1. The van der Waals surface area contributed by atoms with E-state index in [1.165, 1.54) is 18.2 Å². The van der Waals surface area contributed by atoms with Gasteiger partial charge in [0.05, 0.1) is 0 Å². The molecule has 0 aromatic heterocycles. The molecule has 0 radical (unpaired) electrons. The molecule has 0 bridgehead atoms. The Morgan fingerprint density at radius 2 is 2.09 bits per heavy atom. The number of phenolic OH excluding ortho intramolecular Hbond substituents is 1. The maximum Gasteiger partial charge on any atom is 0.438 e. The molecule has 0 spiro atoms. The van der Waals surface area contributed by atoms with E-state index in [0.717, 1.165) is 6.07 Å². The Hall–Kier alpha value is -2.09. The highest BCUT2D eigenvalue weighted by Gasteiger charge is 2.63. The topological polar surface area (TPSA) is 73.1 Å². The van der Waals surface area contributed by atoms with Crippen LogP contribution in [0.15, 0.2) is 29.4 Å². The second-order valence-electron chi connectivity index (χ2n) is 5.92. The number of amides is 1. The van der Waals surface area contributed by atoms with E-state index in [1.54, 1.807) is 13.8 Å². The largest absolute Gasteiger partial charge is 0.508 e. The lowest BCUT2D eigenvalue weighted by molar-refractivity contribution is -0.297. The number of aliphatic hydroxyl groups is 1. The van der Waals surface area contributed by atoms with Crippen LogP contribution in [-0.4, -0.2) is 38.7 Å². The number of alkyl halides is 3. The Morgan fingerprint density at radius 1 is 1.43 bits per heavy atom. The van der Waals surface area contributed by atoms with Crippen molar-refractivity contribution >= 4 is 11.6 Å². The Bertz CT molecular complexity index is 643. The summed E-state index contributed by atoms with van der Waals surface area (Å²) in [5.41, 5.74) is -3.46. The Balaban J connectivity index is 2.41. The molecule has 1 unspecified atom stereocenters. The van der Waals surface area contributed by atoms with Gasteiger partial charge in [-0.2, -0.15) is 23.3 Å². The van der Waals surface area contributed by atoms with Crippen molar-refractivity contribution in [3.8, 4) is 5.75 Å². The first-order valence-electron chi connectivity index (χ1n) is 7.03. The predicted octanol–water partition coefficient (Wildman–Crippen LogP) is 2.89. The van der Waals surface area contributed by atoms with Crippen LogP contribution in [-0.2, 0) is 0 Å². The van der Waals surface area contributed by atoms with E-state index in [0.29, 0.717) is 0 Å². The molecule has 1 heterocycles. The van der Waals surface area contributed by atoms with E-state index in [4.69, 9.17) is 0 Å². The fourth-order valence-electron chi connectivity index (χ4n) is 2.40. The molecule has 1 aromatic carbocycles. The summed E-state index contributed by atoms with van der Waals surface area (Å²) in [6, 6.07) is 4.87. The fraction of sp³-hybridized carbons (Fsp3) is 0.467. The van der Waals surface area contributed by atoms with Gasteiger partial charge in [0.25, 0.3) is 11.6 Å². The maximum atomic E-state index is 13.3. The molecule has 1 aliphatic rings. The number of hydrogen-bond acceptors (Lipinski definition) is 4. The molecule has 0 aliphatic carbocycles. The summed E-state index contributed by atoms with van der Waals surface area (Å²) in [5.74, 6) is -1.36. The quantitative estimate of drug-likeness (QED) is 0.895. The van der Waals surface area contributed by atoms with Crippen LogP contribution in [0, 0.1) is 5.92 Å². The molecule has 126 valence electrons. The van der Waals surface area contributed by atoms with E-state index in [1.807, 2.05) is 0 Å². The van der Waals surface area contributed by atoms with Gasteiger partial charge in [0.1, 0.15) is 5.75 Å². The highest BCUT2D eigenvalue weighted by atomic mass is 19.4. The van der Waals surface area contributed by atoms with Crippen LogP contribution in [0.3, 0.4) is 0 Å². The third-order valence-electron chi connectivity index (χ3n) is 3.43. The Kier molecular flexibility index (Phi) is 4.39. The van der Waals surface area contributed by atoms with Crippen molar-refractivity contribution in [2.75, 3.05) is 0 Å². The number of benzene rings is 1. The number of phenols is 1. The van der Waals surface area contributed by atoms with E-state index >= 15 is 0 Å². The van der Waals surface area contributed by atoms with Crippen molar-refractivity contribution in [3.63, 3.8) is 0 Å². The van der Waals surface area contributed by atoms with Gasteiger partial charge in [-0.1, -0.05) is 19.9 Å². The molecular formula is C15H17F3N2O3. The minimum absolute atomic E-state index is 0.0297. The molecule has 1 aliphatic heterocycles. The molecule has 5 nitrogen and oxygen atoms in total. The number of halogens is 3. The molecule has 2 rings (SSSR count). The molecule has 1 aromatic rings. The first-order chi connectivity index (χ1) is 10.5. The molecule has 0 fully saturated rings. The molecule has 23 heavy (non-hydrogen) atoms. The summed E-state index contributed by atoms with van der Waals surface area (Å²) < 4.78 is 39.9. The number of carbonyl (C=O) groups is 1. The summed E-state index contributed by atoms with van der Waals surface area (Å²) in [5, 5.41) is 23.2. The Labute approximate surface area is 131 Å². The van der Waals surface area contributed by atoms with Gasteiger partial charge in [-0.05, 0) is 30.5 Å². The van der Waals surface area contributed by atoms with Crippen LogP contribution in [0.5, 0.6) is 5.75 Å². The first-order valence-corrected chi connectivity index (χ1v) is 7.03. The van der Waals surface area contributed by atoms with Crippen molar-refractivity contribution in [1.82, 2.24) is 5.01 Å². The highest BCUT2D eigenvalue weighted by molar-refractivity contribution is 5.98. The summed E-state index contributed by atoms with van der Waals surface area (Å²) in [7, 11) is 0. The van der Waals surface area contributed by atoms with Gasteiger partial charge < -0.3 is 10.2 Å². The molecule has 2 N–H and O–H groups in total. The van der Waals surface area contributed by atoms with E-state index in [2.05, 4.69) is 5.10 Å². The lowest BCUT2D eigenvalue weighted by Crippen LogP contribution is -2.56. The highest BCUT2D eigenvalue weighted by Crippen LogP contribution is 2.41. The first kappa shape index (κ1) is 17.3. The summed E-state index contributed by atoms with van der Waals surface area (Å²) >= 11 is 0. The van der Waals surface area contributed by atoms with Crippen molar-refractivity contribution in [2.24, 2.45) is 11.0 Å². The fourth-order valence-corrected chi connectivity index (χ4v) is 2.40. The molecular weight excluding hydrogens is 313 g/mol. The molecule has 0 saturated carbocycles. The number of nitrogens with zero attached hydrogens (tertiary/aromatic N) is 2. The zero-order valence-corrected chi connectivity index (χ0v) is 12.6. The van der Waals surface area contributed by atoms with E-state index in [-0.39, 0.29) is 34.4 Å². The second kappa shape index (κ2) is 5.84. The van der Waals surface area contributed by atoms with E-state index < -0.39 is 24.2 Å². The van der Waals surface area contributed by atoms with Gasteiger partial charge in [-0.25, -0.2) is 0 Å². The molecule has 0 saturated heterocycles. The molecule has 1 amide bonds. The summed E-state index contributed by atoms with van der Waals surface area (Å²) in [6.07, 6.45) is -5.59. The third kappa shape index (κ3) is 3.31. The average Bonchev–Trinajstić information content (AvgIpc) is 2.74. The number of carbonyl (C=O) groups excluding carboxylic acids is 1. The zero-order chi connectivity index (χ0) is 17.4. The minimum atomic E-state index is -5.05.